The van der Waals surface area contributed by atoms with Crippen LogP contribution in [0.3, 0.4) is 0 Å². The second-order valence-corrected chi connectivity index (χ2v) is 29.7. The van der Waals surface area contributed by atoms with Gasteiger partial charge in [0.1, 0.15) is 0 Å². The highest BCUT2D eigenvalue weighted by molar-refractivity contribution is 8.05. The van der Waals surface area contributed by atoms with Crippen LogP contribution in [0.1, 0.15) is 74.9 Å². The molecule has 0 spiro atoms. The molecule has 0 fully saturated rings. The Labute approximate surface area is 531 Å². The van der Waals surface area contributed by atoms with Gasteiger partial charge in [0.05, 0.1) is 0 Å². The first-order chi connectivity index (χ1) is 42.9. The highest BCUT2D eigenvalue weighted by Gasteiger charge is 2.42. The van der Waals surface area contributed by atoms with E-state index in [1.807, 2.05) is 53.1 Å². The molecule has 12 aromatic carbocycles. The molecule has 3 aliphatic heterocycles. The monoisotopic (exact) mass is 1200 g/mol. The molecule has 0 saturated carbocycles. The van der Waals surface area contributed by atoms with Crippen molar-refractivity contribution in [1.82, 2.24) is 0 Å². The summed E-state index contributed by atoms with van der Waals surface area (Å²) in [7, 11) is 0. The van der Waals surface area contributed by atoms with Crippen LogP contribution in [0.15, 0.2) is 276 Å². The van der Waals surface area contributed by atoms with Gasteiger partial charge >= 0.3 is 0 Å². The SMILES string of the molecule is CC1(C)c2ccccc2-c2c1ccc1c2Oc2c(cccc2-c2ccc(N(c3ccc(-c4cccc5c4Sc4c(ccc6c4-c4ccccc4C6(C)C)S5)cc3)c3ccc(-c4cccc5c4Sc4c(ccc6c4-c4ccccc4C6(C)C)S5)cc3)cc2)O1. The minimum absolute atomic E-state index is 0.0599. The van der Waals surface area contributed by atoms with Crippen LogP contribution < -0.4 is 14.4 Å². The van der Waals surface area contributed by atoms with Gasteiger partial charge in [0.2, 0.25) is 0 Å². The fourth-order valence-corrected chi connectivity index (χ4v) is 20.2. The third-order valence-corrected chi connectivity index (χ3v) is 24.8. The van der Waals surface area contributed by atoms with Crippen LogP contribution in [0.4, 0.5) is 17.1 Å². The second-order valence-electron chi connectivity index (χ2n) is 25.4. The average Bonchev–Trinajstić information content (AvgIpc) is 1.77. The minimum atomic E-state index is -0.164. The molecule has 7 heteroatoms. The average molecular weight is 1200 g/mol. The lowest BCUT2D eigenvalue weighted by molar-refractivity contribution is 0.361. The van der Waals surface area contributed by atoms with Crippen molar-refractivity contribution in [2.45, 2.75) is 97.0 Å². The Morgan fingerprint density at radius 1 is 0.261 bits per heavy atom. The van der Waals surface area contributed by atoms with Crippen molar-refractivity contribution in [2.75, 3.05) is 4.90 Å². The number of rotatable bonds is 6. The van der Waals surface area contributed by atoms with Crippen molar-refractivity contribution in [3.05, 3.63) is 270 Å². The molecule has 0 radical (unpaired) electrons. The Kier molecular flexibility index (Phi) is 11.5. The fourth-order valence-electron chi connectivity index (χ4n) is 15.0. The van der Waals surface area contributed by atoms with Crippen LogP contribution in [-0.4, -0.2) is 0 Å². The van der Waals surface area contributed by atoms with E-state index in [0.29, 0.717) is 5.75 Å². The largest absolute Gasteiger partial charge is 0.449 e. The molecule has 0 atom stereocenters. The summed E-state index contributed by atoms with van der Waals surface area (Å²) in [6, 6.07) is 87.7. The Morgan fingerprint density at radius 3 is 1.10 bits per heavy atom. The first-order valence-corrected chi connectivity index (χ1v) is 33.5. The Bertz CT molecular complexity index is 4500. The highest BCUT2D eigenvalue weighted by Crippen LogP contribution is 2.64. The van der Waals surface area contributed by atoms with Crippen molar-refractivity contribution < 1.29 is 9.47 Å². The van der Waals surface area contributed by atoms with Gasteiger partial charge < -0.3 is 14.4 Å². The van der Waals surface area contributed by atoms with E-state index in [2.05, 4.69) is 277 Å². The van der Waals surface area contributed by atoms with Crippen LogP contribution in [0, 0.1) is 0 Å². The lowest BCUT2D eigenvalue weighted by Gasteiger charge is -2.28. The summed E-state index contributed by atoms with van der Waals surface area (Å²) < 4.78 is 13.9. The molecule has 0 N–H and O–H groups in total. The van der Waals surface area contributed by atoms with Gasteiger partial charge in [-0.3, -0.25) is 0 Å². The normalized spacial score (nSPS) is 15.4. The smallest absolute Gasteiger partial charge is 0.178 e. The number of hydrogen-bond acceptors (Lipinski definition) is 7. The van der Waals surface area contributed by atoms with E-state index >= 15 is 0 Å². The molecular weight excluding hydrogens is 1150 g/mol. The van der Waals surface area contributed by atoms with Crippen LogP contribution >= 0.6 is 47.0 Å². The molecule has 422 valence electrons. The Hall–Kier alpha value is -8.56. The van der Waals surface area contributed by atoms with Gasteiger partial charge in [0.25, 0.3) is 0 Å². The molecule has 3 nitrogen and oxygen atoms in total. The second kappa shape index (κ2) is 19.2. The summed E-state index contributed by atoms with van der Waals surface area (Å²) >= 11 is 7.68. The van der Waals surface area contributed by atoms with Crippen LogP contribution in [0.5, 0.6) is 23.0 Å². The Morgan fingerprint density at radius 2 is 0.625 bits per heavy atom. The number of ether oxygens (including phenoxy) is 2. The molecule has 3 heterocycles. The van der Waals surface area contributed by atoms with E-state index in [0.717, 1.165) is 51.0 Å². The molecule has 0 saturated heterocycles. The maximum atomic E-state index is 7.11. The van der Waals surface area contributed by atoms with E-state index in [1.54, 1.807) is 0 Å². The van der Waals surface area contributed by atoms with Gasteiger partial charge in [0.15, 0.2) is 23.0 Å². The first kappa shape index (κ1) is 52.6. The third kappa shape index (κ3) is 7.64. The predicted molar refractivity (Wildman–Crippen MR) is 366 cm³/mol. The molecule has 0 aromatic heterocycles. The Balaban J connectivity index is 0.714. The fraction of sp³-hybridized carbons (Fsp3) is 0.111. The number of anilines is 3. The number of benzene rings is 12. The minimum Gasteiger partial charge on any atom is -0.449 e. The van der Waals surface area contributed by atoms with Crippen molar-refractivity contribution in [1.29, 1.82) is 0 Å². The molecule has 0 bridgehead atoms. The summed E-state index contributed by atoms with van der Waals surface area (Å²) in [5, 5.41) is 0. The molecule has 0 amide bonds. The van der Waals surface area contributed by atoms with Crippen molar-refractivity contribution >= 4 is 64.1 Å². The van der Waals surface area contributed by atoms with Gasteiger partial charge in [0, 0.05) is 94.7 Å². The van der Waals surface area contributed by atoms with Gasteiger partial charge in [-0.05, 0) is 151 Å². The summed E-state index contributed by atoms with van der Waals surface area (Å²) in [5.41, 5.74) is 25.8. The van der Waals surface area contributed by atoms with E-state index in [1.165, 1.54) is 123 Å². The zero-order valence-corrected chi connectivity index (χ0v) is 52.7. The number of fused-ring (bicyclic) bond motifs is 18. The molecule has 3 aliphatic carbocycles. The summed E-state index contributed by atoms with van der Waals surface area (Å²) in [5.74, 6) is 2.95. The first-order valence-electron chi connectivity index (χ1n) is 30.3. The number of nitrogens with zero attached hydrogens (tertiary/aromatic N) is 1. The van der Waals surface area contributed by atoms with Crippen LogP contribution in [-0.2, 0) is 16.2 Å². The van der Waals surface area contributed by atoms with E-state index in [9.17, 15) is 0 Å². The molecule has 12 aromatic rings. The summed E-state index contributed by atoms with van der Waals surface area (Å²) in [6.07, 6.45) is 0. The third-order valence-electron chi connectivity index (χ3n) is 19.5. The molecular formula is C81H57NO2S4. The van der Waals surface area contributed by atoms with Crippen molar-refractivity contribution in [3.8, 4) is 89.8 Å². The molecule has 0 unspecified atom stereocenters. The van der Waals surface area contributed by atoms with Crippen LogP contribution in [0.2, 0.25) is 0 Å². The van der Waals surface area contributed by atoms with E-state index in [-0.39, 0.29) is 16.2 Å². The number of para-hydroxylation sites is 1. The highest BCUT2D eigenvalue weighted by atomic mass is 32.2. The maximum absolute atomic E-state index is 7.11. The van der Waals surface area contributed by atoms with E-state index < -0.39 is 0 Å². The van der Waals surface area contributed by atoms with Crippen LogP contribution in [0.25, 0.3) is 66.8 Å². The lowest BCUT2D eigenvalue weighted by Crippen LogP contribution is -2.15. The van der Waals surface area contributed by atoms with Crippen molar-refractivity contribution in [2.24, 2.45) is 0 Å². The number of hydrogen-bond donors (Lipinski definition) is 0. The van der Waals surface area contributed by atoms with Gasteiger partial charge in [-0.25, -0.2) is 0 Å². The lowest BCUT2D eigenvalue weighted by atomic mass is 9.82. The quantitative estimate of drug-likeness (QED) is 0.163. The molecule has 18 rings (SSSR count). The summed E-state index contributed by atoms with van der Waals surface area (Å²) in [6.45, 7) is 14.1. The zero-order chi connectivity index (χ0) is 58.9. The van der Waals surface area contributed by atoms with Gasteiger partial charge in [-0.2, -0.15) is 0 Å². The standard InChI is InChI=1S/C81H57NO2S4/c1-79(2)58-22-10-7-16-55(58)70-61(79)40-43-65-74(70)84-73-52(19-13-25-64(73)83-65)46-28-34-49(35-29-46)82(50-36-30-47(31-37-50)53-20-14-26-66-75(53)87-77-68(85-66)44-41-62-71(77)56-17-8-11-23-59(56)80(62,3)4)51-38-32-48(33-39-51)54-21-15-27-67-76(54)88-78-69(86-67)45-42-63-72(78)57-18-9-12-24-60(57)81(63,5)6/h7-45H,1-6H3. The van der Waals surface area contributed by atoms with Crippen molar-refractivity contribution in [3.63, 3.8) is 0 Å². The van der Waals surface area contributed by atoms with Gasteiger partial charge in [-0.1, -0.05) is 252 Å². The van der Waals surface area contributed by atoms with Gasteiger partial charge in [-0.15, -0.1) is 0 Å². The predicted octanol–water partition coefficient (Wildman–Crippen LogP) is 24.2. The summed E-state index contributed by atoms with van der Waals surface area (Å²) in [4.78, 5) is 13.0. The van der Waals surface area contributed by atoms with E-state index in [4.69, 9.17) is 9.47 Å². The molecule has 88 heavy (non-hydrogen) atoms. The maximum Gasteiger partial charge on any atom is 0.178 e. The topological polar surface area (TPSA) is 21.7 Å². The zero-order valence-electron chi connectivity index (χ0n) is 49.4. The molecule has 6 aliphatic rings.